The van der Waals surface area contributed by atoms with Crippen molar-refractivity contribution in [1.82, 2.24) is 4.98 Å². The van der Waals surface area contributed by atoms with Crippen LogP contribution in [-0.4, -0.2) is 28.9 Å². The molecule has 1 saturated heterocycles. The second kappa shape index (κ2) is 8.65. The minimum Gasteiger partial charge on any atom is -0.507 e. The zero-order chi connectivity index (χ0) is 23.8. The molecule has 1 amide bonds. The van der Waals surface area contributed by atoms with Crippen LogP contribution < -0.4 is 9.64 Å². The molecule has 5 rings (SSSR count). The highest BCUT2D eigenvalue weighted by atomic mass is 35.5. The highest BCUT2D eigenvalue weighted by Gasteiger charge is 2.48. The molecule has 0 saturated carbocycles. The van der Waals surface area contributed by atoms with Crippen LogP contribution in [0, 0.1) is 0 Å². The van der Waals surface area contributed by atoms with Crippen LogP contribution >= 0.6 is 11.6 Å². The Bertz CT molecular complexity index is 1460. The normalized spacial score (nSPS) is 17.4. The van der Waals surface area contributed by atoms with E-state index in [1.165, 1.54) is 18.1 Å². The van der Waals surface area contributed by atoms with Crippen LogP contribution in [0.2, 0.25) is 5.02 Å². The van der Waals surface area contributed by atoms with E-state index in [-0.39, 0.29) is 21.9 Å². The number of fused-ring (bicyclic) bond motifs is 1. The van der Waals surface area contributed by atoms with Crippen molar-refractivity contribution in [3.63, 3.8) is 0 Å². The van der Waals surface area contributed by atoms with Crippen LogP contribution in [0.5, 0.6) is 5.75 Å². The number of Topliss-reactive ketones (excluding diaryl/α,β-unsaturated/α-hetero) is 1. The zero-order valence-corrected chi connectivity index (χ0v) is 18.9. The van der Waals surface area contributed by atoms with Crippen molar-refractivity contribution in [2.24, 2.45) is 0 Å². The van der Waals surface area contributed by atoms with E-state index < -0.39 is 17.7 Å². The van der Waals surface area contributed by atoms with Crippen molar-refractivity contribution in [3.05, 3.63) is 107 Å². The molecule has 0 bridgehead atoms. The number of nitrogens with zero attached hydrogens (tertiary/aromatic N) is 2. The first-order chi connectivity index (χ1) is 16.5. The average molecular weight is 471 g/mol. The number of aliphatic hydroxyl groups is 1. The summed E-state index contributed by atoms with van der Waals surface area (Å²) in [6.07, 6.45) is 1.58. The molecule has 0 aliphatic carbocycles. The number of aromatic nitrogens is 1. The number of pyridine rings is 1. The van der Waals surface area contributed by atoms with Gasteiger partial charge in [-0.1, -0.05) is 54.1 Å². The molecular formula is C27H19ClN2O4. The van der Waals surface area contributed by atoms with Gasteiger partial charge in [-0.2, -0.15) is 0 Å². The summed E-state index contributed by atoms with van der Waals surface area (Å²) < 4.78 is 5.25. The maximum Gasteiger partial charge on any atom is 0.300 e. The van der Waals surface area contributed by atoms with Gasteiger partial charge in [0.15, 0.2) is 0 Å². The fourth-order valence-electron chi connectivity index (χ4n) is 4.27. The highest BCUT2D eigenvalue weighted by molar-refractivity contribution is 6.52. The Hall–Kier alpha value is -4.16. The molecule has 6 nitrogen and oxygen atoms in total. The number of ketones is 1. The molecule has 1 aliphatic rings. The Kier molecular flexibility index (Phi) is 5.51. The molecule has 1 aromatic heterocycles. The third-order valence-corrected chi connectivity index (χ3v) is 6.20. The van der Waals surface area contributed by atoms with Crippen molar-refractivity contribution in [2.45, 2.75) is 6.04 Å². The number of aliphatic hydroxyl groups excluding tert-OH is 1. The third-order valence-electron chi connectivity index (χ3n) is 5.87. The van der Waals surface area contributed by atoms with Crippen molar-refractivity contribution >= 4 is 45.5 Å². The largest absolute Gasteiger partial charge is 0.507 e. The molecule has 2 heterocycles. The van der Waals surface area contributed by atoms with Crippen LogP contribution in [0.25, 0.3) is 16.5 Å². The van der Waals surface area contributed by atoms with Gasteiger partial charge in [-0.3, -0.25) is 19.5 Å². The molecule has 1 unspecified atom stereocenters. The minimum absolute atomic E-state index is 0.0909. The van der Waals surface area contributed by atoms with Crippen molar-refractivity contribution in [1.29, 1.82) is 0 Å². The van der Waals surface area contributed by atoms with Crippen molar-refractivity contribution < 1.29 is 19.4 Å². The van der Waals surface area contributed by atoms with E-state index in [1.54, 1.807) is 42.6 Å². The fraction of sp³-hybridized carbons (Fsp3) is 0.0741. The third kappa shape index (κ3) is 3.49. The lowest BCUT2D eigenvalue weighted by Gasteiger charge is -2.26. The van der Waals surface area contributed by atoms with Gasteiger partial charge in [-0.25, -0.2) is 0 Å². The van der Waals surface area contributed by atoms with Gasteiger partial charge in [0, 0.05) is 17.1 Å². The number of benzene rings is 3. The second-order valence-corrected chi connectivity index (χ2v) is 8.17. The fourth-order valence-corrected chi connectivity index (χ4v) is 4.48. The van der Waals surface area contributed by atoms with Gasteiger partial charge in [0.05, 0.1) is 29.1 Å². The first-order valence-electron chi connectivity index (χ1n) is 10.5. The number of methoxy groups -OCH3 is 1. The van der Waals surface area contributed by atoms with Crippen LogP contribution in [0.3, 0.4) is 0 Å². The van der Waals surface area contributed by atoms with Crippen molar-refractivity contribution in [3.8, 4) is 5.75 Å². The number of hydrogen-bond acceptors (Lipinski definition) is 5. The number of carbonyl (C=O) groups excluding carboxylic acids is 2. The molecule has 4 aromatic rings. The Morgan fingerprint density at radius 2 is 1.76 bits per heavy atom. The van der Waals surface area contributed by atoms with Gasteiger partial charge in [0.2, 0.25) is 0 Å². The lowest BCUT2D eigenvalue weighted by molar-refractivity contribution is -0.132. The predicted octanol–water partition coefficient (Wildman–Crippen LogP) is 5.52. The number of ether oxygens (including phenoxy) is 1. The molecule has 0 spiro atoms. The second-order valence-electron chi connectivity index (χ2n) is 7.77. The number of halogens is 1. The lowest BCUT2D eigenvalue weighted by Crippen LogP contribution is -2.30. The Morgan fingerprint density at radius 3 is 2.53 bits per heavy atom. The summed E-state index contributed by atoms with van der Waals surface area (Å²) in [6.45, 7) is 0. The van der Waals surface area contributed by atoms with Gasteiger partial charge in [0.1, 0.15) is 17.6 Å². The topological polar surface area (TPSA) is 79.7 Å². The summed E-state index contributed by atoms with van der Waals surface area (Å²) in [4.78, 5) is 32.6. The van der Waals surface area contributed by atoms with E-state index in [4.69, 9.17) is 16.3 Å². The number of rotatable bonds is 4. The first-order valence-corrected chi connectivity index (χ1v) is 10.9. The summed E-state index contributed by atoms with van der Waals surface area (Å²) in [6, 6.07) is 22.1. The zero-order valence-electron chi connectivity index (χ0n) is 18.1. The van der Waals surface area contributed by atoms with Crippen LogP contribution in [-0.2, 0) is 9.59 Å². The highest BCUT2D eigenvalue weighted by Crippen LogP contribution is 2.44. The molecule has 1 atom stereocenters. The van der Waals surface area contributed by atoms with Crippen LogP contribution in [0.1, 0.15) is 17.3 Å². The van der Waals surface area contributed by atoms with E-state index in [0.717, 1.165) is 10.8 Å². The Morgan fingerprint density at radius 1 is 1.00 bits per heavy atom. The van der Waals surface area contributed by atoms with Crippen LogP contribution in [0.15, 0.2) is 90.6 Å². The SMILES string of the molecule is COc1ccc(Cl)c(/C(O)=C2\C(=O)C(=O)N(c3cccc4ccccc34)C2c2ccccn2)c1. The first kappa shape index (κ1) is 21.7. The van der Waals surface area contributed by atoms with Gasteiger partial charge in [-0.05, 0) is 41.8 Å². The van der Waals surface area contributed by atoms with Gasteiger partial charge < -0.3 is 9.84 Å². The maximum absolute atomic E-state index is 13.4. The molecule has 3 aromatic carbocycles. The Balaban J connectivity index is 1.79. The van der Waals surface area contributed by atoms with Gasteiger partial charge in [-0.15, -0.1) is 0 Å². The molecule has 34 heavy (non-hydrogen) atoms. The summed E-state index contributed by atoms with van der Waals surface area (Å²) in [5, 5.41) is 13.3. The number of hydrogen-bond donors (Lipinski definition) is 1. The molecule has 168 valence electrons. The molecule has 7 heteroatoms. The number of amides is 1. The molecule has 1 N–H and O–H groups in total. The summed E-state index contributed by atoms with van der Waals surface area (Å²) in [7, 11) is 1.49. The van der Waals surface area contributed by atoms with E-state index in [2.05, 4.69) is 4.98 Å². The summed E-state index contributed by atoms with van der Waals surface area (Å²) >= 11 is 6.36. The molecule has 1 aliphatic heterocycles. The maximum atomic E-state index is 13.4. The van der Waals surface area contributed by atoms with Crippen molar-refractivity contribution in [2.75, 3.05) is 12.0 Å². The van der Waals surface area contributed by atoms with E-state index in [1.807, 2.05) is 36.4 Å². The summed E-state index contributed by atoms with van der Waals surface area (Å²) in [5.41, 5.74) is 1.09. The van der Waals surface area contributed by atoms with E-state index in [0.29, 0.717) is 17.1 Å². The quantitative estimate of drug-likeness (QED) is 0.241. The molecule has 0 radical (unpaired) electrons. The number of anilines is 1. The predicted molar refractivity (Wildman–Crippen MR) is 131 cm³/mol. The monoisotopic (exact) mass is 470 g/mol. The number of carbonyl (C=O) groups is 2. The molecular weight excluding hydrogens is 452 g/mol. The standard InChI is InChI=1S/C27H19ClN2O4/c1-34-17-12-13-20(28)19(15-17)25(31)23-24(21-10-4-5-14-29-21)30(27(33)26(23)32)22-11-6-8-16-7-2-3-9-18(16)22/h2-15,24,31H,1H3/b25-23+. The summed E-state index contributed by atoms with van der Waals surface area (Å²) in [5.74, 6) is -1.52. The van der Waals surface area contributed by atoms with E-state index >= 15 is 0 Å². The van der Waals surface area contributed by atoms with E-state index in [9.17, 15) is 14.7 Å². The Labute approximate surface area is 200 Å². The minimum atomic E-state index is -0.950. The van der Waals surface area contributed by atoms with Crippen LogP contribution in [0.4, 0.5) is 5.69 Å². The van der Waals surface area contributed by atoms with Gasteiger partial charge >= 0.3 is 0 Å². The smallest absolute Gasteiger partial charge is 0.300 e. The van der Waals surface area contributed by atoms with Gasteiger partial charge in [0.25, 0.3) is 11.7 Å². The molecule has 1 fully saturated rings. The lowest BCUT2D eigenvalue weighted by atomic mass is 9.97. The average Bonchev–Trinajstić information content (AvgIpc) is 3.14.